The summed E-state index contributed by atoms with van der Waals surface area (Å²) in [5.74, 6) is 2.68. The van der Waals surface area contributed by atoms with Crippen molar-refractivity contribution in [3.05, 3.63) is 11.4 Å². The lowest BCUT2D eigenvalue weighted by Crippen LogP contribution is -2.31. The Morgan fingerprint density at radius 2 is 1.67 bits per heavy atom. The maximum atomic E-state index is 4.51. The molecule has 102 valence electrons. The van der Waals surface area contributed by atoms with Crippen LogP contribution in [-0.4, -0.2) is 22.1 Å². The molecule has 2 N–H and O–H groups in total. The number of nitrogens with zero attached hydrogens (tertiary/aromatic N) is 2. The van der Waals surface area contributed by atoms with E-state index < -0.39 is 0 Å². The lowest BCUT2D eigenvalue weighted by atomic mass is 10.0. The van der Waals surface area contributed by atoms with Gasteiger partial charge in [-0.3, -0.25) is 0 Å². The molecule has 0 bridgehead atoms. The molecule has 0 spiro atoms. The van der Waals surface area contributed by atoms with Crippen LogP contribution in [0.25, 0.3) is 0 Å². The van der Waals surface area contributed by atoms with Crippen molar-refractivity contribution in [2.24, 2.45) is 0 Å². The van der Waals surface area contributed by atoms with E-state index in [1.165, 1.54) is 0 Å². The summed E-state index contributed by atoms with van der Waals surface area (Å²) in [6.07, 6.45) is 2.14. The maximum absolute atomic E-state index is 4.51. The largest absolute Gasteiger partial charge is 0.370 e. The summed E-state index contributed by atoms with van der Waals surface area (Å²) in [6, 6.07) is 0. The minimum absolute atomic E-state index is 0.0492. The molecule has 0 radical (unpaired) electrons. The number of rotatable bonds is 6. The van der Waals surface area contributed by atoms with Gasteiger partial charge in [-0.05, 0) is 40.5 Å². The van der Waals surface area contributed by atoms with Gasteiger partial charge in [0, 0.05) is 17.6 Å². The van der Waals surface area contributed by atoms with Gasteiger partial charge in [0.25, 0.3) is 0 Å². The molecule has 0 atom stereocenters. The summed E-state index contributed by atoms with van der Waals surface area (Å²) in [4.78, 5) is 8.98. The fraction of sp³-hybridized carbons (Fsp3) is 0.714. The molecule has 0 fully saturated rings. The molecule has 4 heteroatoms. The van der Waals surface area contributed by atoms with Gasteiger partial charge in [-0.25, -0.2) is 9.97 Å². The van der Waals surface area contributed by atoms with Crippen LogP contribution in [-0.2, 0) is 0 Å². The predicted octanol–water partition coefficient (Wildman–Crippen LogP) is 3.52. The van der Waals surface area contributed by atoms with Crippen LogP contribution in [0.15, 0.2) is 0 Å². The number of anilines is 2. The second-order valence-corrected chi connectivity index (χ2v) is 5.38. The highest BCUT2D eigenvalue weighted by Gasteiger charge is 2.18. The first-order valence-corrected chi connectivity index (χ1v) is 6.77. The van der Waals surface area contributed by atoms with Crippen molar-refractivity contribution in [1.82, 2.24) is 9.97 Å². The van der Waals surface area contributed by atoms with Crippen molar-refractivity contribution in [3.63, 3.8) is 0 Å². The Morgan fingerprint density at radius 3 is 2.22 bits per heavy atom. The maximum Gasteiger partial charge on any atom is 0.135 e. The van der Waals surface area contributed by atoms with Crippen LogP contribution in [0, 0.1) is 13.8 Å². The quantitative estimate of drug-likeness (QED) is 0.811. The molecule has 4 nitrogen and oxygen atoms in total. The molecule has 0 unspecified atom stereocenters. The van der Waals surface area contributed by atoms with E-state index in [1.54, 1.807) is 0 Å². The molecule has 1 heterocycles. The highest BCUT2D eigenvalue weighted by molar-refractivity contribution is 5.58. The molecule has 0 saturated carbocycles. The van der Waals surface area contributed by atoms with Crippen LogP contribution in [0.5, 0.6) is 0 Å². The van der Waals surface area contributed by atoms with E-state index in [1.807, 2.05) is 6.92 Å². The summed E-state index contributed by atoms with van der Waals surface area (Å²) in [6.45, 7) is 13.6. The van der Waals surface area contributed by atoms with Crippen molar-refractivity contribution in [1.29, 1.82) is 0 Å². The highest BCUT2D eigenvalue weighted by Crippen LogP contribution is 2.24. The zero-order valence-electron chi connectivity index (χ0n) is 12.5. The van der Waals surface area contributed by atoms with Gasteiger partial charge in [0.2, 0.25) is 0 Å². The monoisotopic (exact) mass is 250 g/mol. The van der Waals surface area contributed by atoms with Gasteiger partial charge in [-0.2, -0.15) is 0 Å². The van der Waals surface area contributed by atoms with E-state index in [9.17, 15) is 0 Å². The van der Waals surface area contributed by atoms with Gasteiger partial charge < -0.3 is 10.6 Å². The lowest BCUT2D eigenvalue weighted by Gasteiger charge is -2.26. The Labute approximate surface area is 111 Å². The van der Waals surface area contributed by atoms with Crippen LogP contribution in [0.4, 0.5) is 11.6 Å². The summed E-state index contributed by atoms with van der Waals surface area (Å²) < 4.78 is 0. The van der Waals surface area contributed by atoms with Crippen LogP contribution < -0.4 is 10.6 Å². The van der Waals surface area contributed by atoms with E-state index >= 15 is 0 Å². The van der Waals surface area contributed by atoms with Crippen molar-refractivity contribution in [3.8, 4) is 0 Å². The number of hydrogen-bond acceptors (Lipinski definition) is 4. The molecule has 0 amide bonds. The SMILES string of the molecule is CCCNc1nc(C)nc(NC(C)(C)CC)c1C. The predicted molar refractivity (Wildman–Crippen MR) is 78.3 cm³/mol. The fourth-order valence-corrected chi connectivity index (χ4v) is 1.57. The third-order valence-corrected chi connectivity index (χ3v) is 3.14. The molecule has 0 aliphatic rings. The Morgan fingerprint density at radius 1 is 1.06 bits per heavy atom. The standard InChI is InChI=1S/C14H26N4/c1-7-9-15-12-10(3)13(17-11(4)16-12)18-14(5,6)8-2/h7-9H2,1-6H3,(H2,15,16,17,18). The van der Waals surface area contributed by atoms with Gasteiger partial charge in [0.15, 0.2) is 0 Å². The van der Waals surface area contributed by atoms with Crippen LogP contribution in [0.2, 0.25) is 0 Å². The van der Waals surface area contributed by atoms with E-state index in [0.29, 0.717) is 0 Å². The van der Waals surface area contributed by atoms with Crippen LogP contribution in [0.3, 0.4) is 0 Å². The van der Waals surface area contributed by atoms with Crippen LogP contribution in [0.1, 0.15) is 51.9 Å². The zero-order valence-corrected chi connectivity index (χ0v) is 12.5. The summed E-state index contributed by atoms with van der Waals surface area (Å²) in [5.41, 5.74) is 1.14. The molecule has 0 aliphatic heterocycles. The molecule has 0 aliphatic carbocycles. The third-order valence-electron chi connectivity index (χ3n) is 3.14. The summed E-state index contributed by atoms with van der Waals surface area (Å²) in [7, 11) is 0. The topological polar surface area (TPSA) is 49.8 Å². The number of aromatic nitrogens is 2. The smallest absolute Gasteiger partial charge is 0.135 e. The first-order valence-electron chi connectivity index (χ1n) is 6.77. The fourth-order valence-electron chi connectivity index (χ4n) is 1.57. The molecule has 1 aromatic heterocycles. The van der Waals surface area contributed by atoms with Crippen molar-refractivity contribution >= 4 is 11.6 Å². The molecular formula is C14H26N4. The molecule has 1 rings (SSSR count). The Balaban J connectivity index is 3.01. The Bertz CT molecular complexity index is 399. The molecule has 1 aromatic rings. The van der Waals surface area contributed by atoms with Gasteiger partial charge in [0.1, 0.15) is 17.5 Å². The number of aryl methyl sites for hydroxylation is 1. The van der Waals surface area contributed by atoms with Gasteiger partial charge >= 0.3 is 0 Å². The molecule has 0 aromatic carbocycles. The third kappa shape index (κ3) is 3.86. The van der Waals surface area contributed by atoms with Gasteiger partial charge in [-0.15, -0.1) is 0 Å². The lowest BCUT2D eigenvalue weighted by molar-refractivity contribution is 0.544. The van der Waals surface area contributed by atoms with Crippen molar-refractivity contribution in [2.75, 3.05) is 17.2 Å². The summed E-state index contributed by atoms with van der Waals surface area (Å²) >= 11 is 0. The molecule has 0 saturated heterocycles. The van der Waals surface area contributed by atoms with Crippen molar-refractivity contribution < 1.29 is 0 Å². The zero-order chi connectivity index (χ0) is 13.8. The second kappa shape index (κ2) is 6.03. The Hall–Kier alpha value is -1.32. The van der Waals surface area contributed by atoms with Crippen LogP contribution >= 0.6 is 0 Å². The van der Waals surface area contributed by atoms with Crippen molar-refractivity contribution in [2.45, 2.75) is 59.9 Å². The molecular weight excluding hydrogens is 224 g/mol. The van der Waals surface area contributed by atoms with E-state index in [-0.39, 0.29) is 5.54 Å². The second-order valence-electron chi connectivity index (χ2n) is 5.38. The van der Waals surface area contributed by atoms with Gasteiger partial charge in [-0.1, -0.05) is 13.8 Å². The minimum atomic E-state index is 0.0492. The van der Waals surface area contributed by atoms with E-state index in [2.05, 4.69) is 55.2 Å². The number of nitrogens with one attached hydrogen (secondary N) is 2. The average Bonchev–Trinajstić information content (AvgIpc) is 2.31. The first-order chi connectivity index (χ1) is 8.39. The van der Waals surface area contributed by atoms with Gasteiger partial charge in [0.05, 0.1) is 0 Å². The average molecular weight is 250 g/mol. The first kappa shape index (κ1) is 14.7. The van der Waals surface area contributed by atoms with E-state index in [4.69, 9.17) is 0 Å². The summed E-state index contributed by atoms with van der Waals surface area (Å²) in [5, 5.41) is 6.86. The molecule has 18 heavy (non-hydrogen) atoms. The normalized spacial score (nSPS) is 11.4. The van der Waals surface area contributed by atoms with E-state index in [0.717, 1.165) is 42.4 Å². The number of hydrogen-bond donors (Lipinski definition) is 2. The Kier molecular flexibility index (Phi) is 4.93. The highest BCUT2D eigenvalue weighted by atomic mass is 15.1. The minimum Gasteiger partial charge on any atom is -0.370 e.